The molecule has 1 aromatic heterocycles. The van der Waals surface area contributed by atoms with Crippen molar-refractivity contribution < 1.29 is 4.79 Å². The normalized spacial score (nSPS) is 11.7. The zero-order valence-corrected chi connectivity index (χ0v) is 16.1. The molecule has 0 saturated heterocycles. The van der Waals surface area contributed by atoms with Crippen molar-refractivity contribution in [2.45, 2.75) is 38.6 Å². The number of carbonyl (C=O) groups excluding carboxylic acids is 1. The van der Waals surface area contributed by atoms with E-state index in [1.165, 1.54) is 0 Å². The number of likely N-dealkylation sites (N-methyl/N-ethyl adjacent to an activating group) is 1. The van der Waals surface area contributed by atoms with Crippen molar-refractivity contribution in [2.75, 3.05) is 13.6 Å². The molecule has 2 aromatic rings. The van der Waals surface area contributed by atoms with Gasteiger partial charge >= 0.3 is 0 Å². The first-order valence-corrected chi connectivity index (χ1v) is 8.61. The molecule has 1 unspecified atom stereocenters. The maximum atomic E-state index is 12.1. The lowest BCUT2D eigenvalue weighted by molar-refractivity contribution is -0.131. The standard InChI is InChI=1S/C19H28N4O.ClH/c1-4-9-17(20)19(24)22(2)13-8-12-16-14-18(23(3)21-16)15-10-6-5-7-11-15;/h5-7,10-11,14,17H,4,8-9,12-13,20H2,1-3H3;1H. The lowest BCUT2D eigenvalue weighted by atomic mass is 10.1. The molecule has 5 nitrogen and oxygen atoms in total. The smallest absolute Gasteiger partial charge is 0.239 e. The first kappa shape index (κ1) is 21.2. The Morgan fingerprint density at radius 2 is 2.00 bits per heavy atom. The van der Waals surface area contributed by atoms with E-state index < -0.39 is 0 Å². The van der Waals surface area contributed by atoms with Crippen LogP contribution in [0, 0.1) is 0 Å². The quantitative estimate of drug-likeness (QED) is 0.783. The molecule has 6 heteroatoms. The number of nitrogens with zero attached hydrogens (tertiary/aromatic N) is 3. The van der Waals surface area contributed by atoms with Gasteiger partial charge in [0.1, 0.15) is 0 Å². The van der Waals surface area contributed by atoms with Crippen LogP contribution in [0.4, 0.5) is 0 Å². The van der Waals surface area contributed by atoms with Crippen molar-refractivity contribution in [1.82, 2.24) is 14.7 Å². The summed E-state index contributed by atoms with van der Waals surface area (Å²) in [6.45, 7) is 2.74. The highest BCUT2D eigenvalue weighted by atomic mass is 35.5. The molecule has 0 aliphatic heterocycles. The summed E-state index contributed by atoms with van der Waals surface area (Å²) >= 11 is 0. The van der Waals surface area contributed by atoms with Crippen LogP contribution >= 0.6 is 12.4 Å². The Morgan fingerprint density at radius 1 is 1.32 bits per heavy atom. The number of hydrogen-bond acceptors (Lipinski definition) is 3. The number of halogens is 1. The number of rotatable bonds is 8. The second-order valence-electron chi connectivity index (χ2n) is 6.27. The molecule has 25 heavy (non-hydrogen) atoms. The van der Waals surface area contributed by atoms with Crippen LogP contribution in [0.5, 0.6) is 0 Å². The van der Waals surface area contributed by atoms with Gasteiger partial charge in [-0.15, -0.1) is 12.4 Å². The van der Waals surface area contributed by atoms with Crippen molar-refractivity contribution >= 4 is 18.3 Å². The van der Waals surface area contributed by atoms with E-state index in [1.807, 2.05) is 43.9 Å². The molecule has 138 valence electrons. The predicted octanol–water partition coefficient (Wildman–Crippen LogP) is 3.03. The zero-order chi connectivity index (χ0) is 17.5. The van der Waals surface area contributed by atoms with E-state index in [2.05, 4.69) is 23.3 Å². The Balaban J connectivity index is 0.00000312. The van der Waals surface area contributed by atoms with Gasteiger partial charge in [0.15, 0.2) is 0 Å². The summed E-state index contributed by atoms with van der Waals surface area (Å²) in [7, 11) is 3.79. The molecule has 0 aliphatic rings. The predicted molar refractivity (Wildman–Crippen MR) is 105 cm³/mol. The van der Waals surface area contributed by atoms with E-state index in [4.69, 9.17) is 5.73 Å². The van der Waals surface area contributed by atoms with E-state index in [-0.39, 0.29) is 24.4 Å². The van der Waals surface area contributed by atoms with Gasteiger partial charge < -0.3 is 10.6 Å². The molecule has 1 amide bonds. The topological polar surface area (TPSA) is 64.2 Å². The lowest BCUT2D eigenvalue weighted by Gasteiger charge is -2.20. The van der Waals surface area contributed by atoms with Gasteiger partial charge in [0, 0.05) is 20.6 Å². The molecule has 1 aromatic carbocycles. The third-order valence-corrected chi connectivity index (χ3v) is 4.22. The fraction of sp³-hybridized carbons (Fsp3) is 0.474. The van der Waals surface area contributed by atoms with Gasteiger partial charge in [-0.2, -0.15) is 5.10 Å². The van der Waals surface area contributed by atoms with E-state index in [9.17, 15) is 4.79 Å². The van der Waals surface area contributed by atoms with Crippen LogP contribution in [0.15, 0.2) is 36.4 Å². The average molecular weight is 365 g/mol. The second kappa shape index (κ2) is 10.2. The van der Waals surface area contributed by atoms with Gasteiger partial charge in [0.2, 0.25) is 5.91 Å². The summed E-state index contributed by atoms with van der Waals surface area (Å²) in [5.41, 5.74) is 9.22. The monoisotopic (exact) mass is 364 g/mol. The van der Waals surface area contributed by atoms with Crippen LogP contribution in [0.1, 0.15) is 31.9 Å². The van der Waals surface area contributed by atoms with Crippen LogP contribution in [-0.4, -0.2) is 40.2 Å². The molecule has 2 N–H and O–H groups in total. The Hall–Kier alpha value is -1.85. The van der Waals surface area contributed by atoms with Gasteiger partial charge in [-0.3, -0.25) is 9.48 Å². The van der Waals surface area contributed by atoms with Crippen molar-refractivity contribution in [3.05, 3.63) is 42.1 Å². The first-order valence-electron chi connectivity index (χ1n) is 8.61. The molecule has 0 aliphatic carbocycles. The molecule has 1 atom stereocenters. The summed E-state index contributed by atoms with van der Waals surface area (Å²) in [6, 6.07) is 12.0. The van der Waals surface area contributed by atoms with Crippen molar-refractivity contribution in [2.24, 2.45) is 12.8 Å². The zero-order valence-electron chi connectivity index (χ0n) is 15.3. The van der Waals surface area contributed by atoms with Gasteiger partial charge in [-0.1, -0.05) is 43.7 Å². The summed E-state index contributed by atoms with van der Waals surface area (Å²) < 4.78 is 1.91. The SMILES string of the molecule is CCCC(N)C(=O)N(C)CCCc1cc(-c2ccccc2)n(C)n1.Cl. The lowest BCUT2D eigenvalue weighted by Crippen LogP contribution is -2.42. The van der Waals surface area contributed by atoms with E-state index in [0.29, 0.717) is 6.54 Å². The minimum atomic E-state index is -0.375. The van der Waals surface area contributed by atoms with E-state index in [0.717, 1.165) is 42.6 Å². The van der Waals surface area contributed by atoms with Crippen molar-refractivity contribution in [3.63, 3.8) is 0 Å². The van der Waals surface area contributed by atoms with E-state index >= 15 is 0 Å². The summed E-state index contributed by atoms with van der Waals surface area (Å²) in [5, 5.41) is 4.58. The first-order chi connectivity index (χ1) is 11.5. The van der Waals surface area contributed by atoms with Gasteiger partial charge in [-0.05, 0) is 30.9 Å². The summed E-state index contributed by atoms with van der Waals surface area (Å²) in [4.78, 5) is 13.8. The van der Waals surface area contributed by atoms with Crippen LogP contribution in [0.2, 0.25) is 0 Å². The number of aromatic nitrogens is 2. The van der Waals surface area contributed by atoms with Gasteiger partial charge in [0.05, 0.1) is 17.4 Å². The second-order valence-corrected chi connectivity index (χ2v) is 6.27. The van der Waals surface area contributed by atoms with Gasteiger partial charge in [-0.25, -0.2) is 0 Å². The number of benzene rings is 1. The van der Waals surface area contributed by atoms with Crippen molar-refractivity contribution in [1.29, 1.82) is 0 Å². The highest BCUT2D eigenvalue weighted by Crippen LogP contribution is 2.19. The van der Waals surface area contributed by atoms with Crippen LogP contribution in [0.25, 0.3) is 11.3 Å². The Labute approximate surface area is 156 Å². The van der Waals surface area contributed by atoms with Crippen LogP contribution in [-0.2, 0) is 18.3 Å². The fourth-order valence-electron chi connectivity index (χ4n) is 2.85. The molecule has 0 spiro atoms. The largest absolute Gasteiger partial charge is 0.344 e. The molecule has 0 saturated carbocycles. The highest BCUT2D eigenvalue weighted by Gasteiger charge is 2.16. The number of nitrogens with two attached hydrogens (primary N) is 1. The minimum Gasteiger partial charge on any atom is -0.344 e. The molecule has 1 heterocycles. The van der Waals surface area contributed by atoms with E-state index in [1.54, 1.807) is 4.90 Å². The third kappa shape index (κ3) is 5.87. The number of amides is 1. The number of aryl methyl sites for hydroxylation is 2. The fourth-order valence-corrected chi connectivity index (χ4v) is 2.85. The van der Waals surface area contributed by atoms with Crippen LogP contribution < -0.4 is 5.73 Å². The maximum Gasteiger partial charge on any atom is 0.239 e. The summed E-state index contributed by atoms with van der Waals surface area (Å²) in [6.07, 6.45) is 3.40. The summed E-state index contributed by atoms with van der Waals surface area (Å²) in [5.74, 6) is 0.0304. The molecule has 0 bridgehead atoms. The average Bonchev–Trinajstić information content (AvgIpc) is 2.95. The van der Waals surface area contributed by atoms with Crippen molar-refractivity contribution in [3.8, 4) is 11.3 Å². The molecular weight excluding hydrogens is 336 g/mol. The Bertz CT molecular complexity index is 657. The molecular formula is C19H29ClN4O. The molecule has 0 fully saturated rings. The number of carbonyl (C=O) groups is 1. The van der Waals surface area contributed by atoms with Gasteiger partial charge in [0.25, 0.3) is 0 Å². The Kier molecular flexibility index (Phi) is 8.66. The third-order valence-electron chi connectivity index (χ3n) is 4.22. The Morgan fingerprint density at radius 3 is 2.64 bits per heavy atom. The molecule has 2 rings (SSSR count). The maximum absolute atomic E-state index is 12.1. The minimum absolute atomic E-state index is 0. The number of hydrogen-bond donors (Lipinski definition) is 1. The molecule has 0 radical (unpaired) electrons. The highest BCUT2D eigenvalue weighted by molar-refractivity contribution is 5.85. The van der Waals surface area contributed by atoms with Crippen LogP contribution in [0.3, 0.4) is 0 Å².